The standard InChI is InChI=1S/C14H19F2N3O4.CH3Cl.CH2NO.Fm/c1-7(2)3-11(20)22-6-8-4-9(15)13(23-8)19-5-10(16)12(17)18-14(19)21;1-2;2-1-3;/h5,7-9,13H,3-4,6H2,1-2H3,(H2,17,18,21);1H3;(H2,2,3);/q;;-1;. The first kappa shape index (κ1) is 27.9. The number of amides is 1. The third-order valence-electron chi connectivity index (χ3n) is 3.34. The van der Waals surface area contributed by atoms with Crippen LogP contribution in [0.4, 0.5) is 14.6 Å². The molecule has 29 heavy (non-hydrogen) atoms. The van der Waals surface area contributed by atoms with Gasteiger partial charge in [-0.2, -0.15) is 11.4 Å². The van der Waals surface area contributed by atoms with Crippen molar-refractivity contribution in [2.75, 3.05) is 18.7 Å². The fourth-order valence-electron chi connectivity index (χ4n) is 2.27. The molecule has 0 bridgehead atoms. The summed E-state index contributed by atoms with van der Waals surface area (Å²) in [5.74, 6) is -1.75. The predicted octanol–water partition coefficient (Wildman–Crippen LogP) is 1.05. The van der Waals surface area contributed by atoms with E-state index in [2.05, 4.69) is 22.3 Å². The number of ether oxygens (including phenoxy) is 2. The number of primary amides is 1. The SMILES string of the molecule is CC(C)CC(=O)OCC1CC(F)C(n2cc(F)c(N)nc2=O)O1.CCl.N[C-]=O.[Fm]. The minimum Gasteiger partial charge on any atom is -0.543 e. The average Bonchev–Trinajstić information content (AvgIpc) is 2.99. The number of nitrogen functional groups attached to an aromatic ring is 1. The molecule has 9 nitrogen and oxygen atoms in total. The molecule has 1 saturated heterocycles. The molecule has 0 aliphatic carbocycles. The maximum Gasteiger partial charge on any atom is 0.351 e. The van der Waals surface area contributed by atoms with Crippen LogP contribution < -0.4 is 17.2 Å². The molecule has 1 amide bonds. The van der Waals surface area contributed by atoms with Crippen LogP contribution in [0.15, 0.2) is 11.0 Å². The van der Waals surface area contributed by atoms with Gasteiger partial charge in [-0.1, -0.05) is 13.8 Å². The largest absolute Gasteiger partial charge is 0.543 e. The van der Waals surface area contributed by atoms with Gasteiger partial charge in [0.2, 0.25) is 0 Å². The maximum atomic E-state index is 14.1. The first-order valence-corrected chi connectivity index (χ1v) is 8.90. The van der Waals surface area contributed by atoms with Gasteiger partial charge in [0.25, 0.3) is 0 Å². The van der Waals surface area contributed by atoms with E-state index in [1.807, 2.05) is 13.8 Å². The Kier molecular flexibility index (Phi) is 13.3. The number of carbonyl (C=O) groups excluding carboxylic acids is 2. The molecule has 2 rings (SSSR count). The molecule has 0 radical (unpaired) electrons. The number of hydrogen-bond acceptors (Lipinski definition) is 7. The van der Waals surface area contributed by atoms with Crippen molar-refractivity contribution in [2.45, 2.75) is 45.2 Å². The number of rotatable bonds is 5. The van der Waals surface area contributed by atoms with Crippen molar-refractivity contribution in [1.29, 1.82) is 0 Å². The number of esters is 1. The predicted molar refractivity (Wildman–Crippen MR) is 98.4 cm³/mol. The Morgan fingerprint density at radius 3 is 2.59 bits per heavy atom. The van der Waals surface area contributed by atoms with Crippen LogP contribution in [0.1, 0.15) is 32.9 Å². The Hall–Kier alpha value is -3.27. The topological polar surface area (TPSA) is 140 Å². The molecular weight excluding hydrogens is 659 g/mol. The van der Waals surface area contributed by atoms with E-state index >= 15 is 0 Å². The van der Waals surface area contributed by atoms with Crippen molar-refractivity contribution in [3.8, 4) is 0 Å². The number of halogens is 3. The molecule has 1 aromatic rings. The smallest absolute Gasteiger partial charge is 0.351 e. The van der Waals surface area contributed by atoms with Crippen molar-refractivity contribution in [1.82, 2.24) is 9.55 Å². The Balaban J connectivity index is 0. The van der Waals surface area contributed by atoms with Gasteiger partial charge in [0.15, 0.2) is 17.9 Å². The summed E-state index contributed by atoms with van der Waals surface area (Å²) < 4.78 is 38.6. The summed E-state index contributed by atoms with van der Waals surface area (Å²) in [5, 5.41) is 0. The van der Waals surface area contributed by atoms with E-state index in [0.29, 0.717) is 4.57 Å². The number of aromatic nitrogens is 2. The average molecular weight is 683 g/mol. The van der Waals surface area contributed by atoms with E-state index in [1.165, 1.54) is 6.38 Å². The zero-order chi connectivity index (χ0) is 21.9. The summed E-state index contributed by atoms with van der Waals surface area (Å²) in [6.45, 7) is 3.62. The van der Waals surface area contributed by atoms with Gasteiger partial charge in [0, 0.05) is 19.2 Å². The third-order valence-corrected chi connectivity index (χ3v) is 3.34. The fraction of sp³-hybridized carbons (Fsp3) is 0.625. The monoisotopic (exact) mass is 682 g/mol. The van der Waals surface area contributed by atoms with Crippen molar-refractivity contribution in [3.05, 3.63) is 22.5 Å². The quantitative estimate of drug-likeness (QED) is 0.205. The molecule has 3 atom stereocenters. The van der Waals surface area contributed by atoms with E-state index in [4.69, 9.17) is 20.0 Å². The van der Waals surface area contributed by atoms with Gasteiger partial charge in [0.05, 0.1) is 12.3 Å². The fourth-order valence-corrected chi connectivity index (χ4v) is 2.27. The van der Waals surface area contributed by atoms with Crippen molar-refractivity contribution >= 4 is 29.8 Å². The zero-order valence-electron chi connectivity index (χ0n) is 16.0. The number of nitrogens with zero attached hydrogens (tertiary/aromatic N) is 2. The number of anilines is 1. The number of nitrogens with two attached hydrogens (primary N) is 2. The molecule has 1 aliphatic heterocycles. The number of hydrogen-bond donors (Lipinski definition) is 2. The second-order valence-corrected chi connectivity index (χ2v) is 5.96. The molecular formula is C16H24ClF2FmN4O5-. The van der Waals surface area contributed by atoms with Crippen LogP contribution in [-0.2, 0) is 19.1 Å². The summed E-state index contributed by atoms with van der Waals surface area (Å²) in [6.07, 6.45) is -0.168. The van der Waals surface area contributed by atoms with Crippen LogP contribution >= 0.6 is 11.6 Å². The first-order chi connectivity index (χ1) is 13.2. The van der Waals surface area contributed by atoms with E-state index in [9.17, 15) is 18.4 Å². The van der Waals surface area contributed by atoms with Gasteiger partial charge in [-0.25, -0.2) is 13.6 Å². The molecule has 0 spiro atoms. The van der Waals surface area contributed by atoms with E-state index in [1.54, 1.807) is 0 Å². The molecule has 1 fully saturated rings. The van der Waals surface area contributed by atoms with Crippen LogP contribution in [-0.4, -0.2) is 47.2 Å². The molecule has 172 valence electrons. The molecule has 0 aromatic carbocycles. The van der Waals surface area contributed by atoms with Gasteiger partial charge < -0.3 is 25.7 Å². The maximum absolute atomic E-state index is 14.1. The summed E-state index contributed by atoms with van der Waals surface area (Å²) in [4.78, 5) is 34.9. The Bertz CT molecular complexity index is 696. The molecule has 1 aromatic heterocycles. The van der Waals surface area contributed by atoms with E-state index < -0.39 is 41.8 Å². The summed E-state index contributed by atoms with van der Waals surface area (Å²) >= 11 is 4.64. The normalized spacial score (nSPS) is 19.8. The Morgan fingerprint density at radius 1 is 1.52 bits per heavy atom. The molecule has 1 aliphatic rings. The minimum absolute atomic E-state index is 0. The zero-order valence-corrected chi connectivity index (χ0v) is 19.2. The summed E-state index contributed by atoms with van der Waals surface area (Å²) in [7, 11) is 0. The van der Waals surface area contributed by atoms with Gasteiger partial charge in [-0.15, -0.1) is 11.6 Å². The number of carbonyl (C=O) groups is 1. The van der Waals surface area contributed by atoms with Gasteiger partial charge in [-0.3, -0.25) is 9.36 Å². The molecule has 3 unspecified atom stereocenters. The van der Waals surface area contributed by atoms with E-state index in [0.717, 1.165) is 12.6 Å². The minimum atomic E-state index is -1.55. The van der Waals surface area contributed by atoms with Crippen LogP contribution in [0, 0.1) is 11.7 Å². The van der Waals surface area contributed by atoms with Gasteiger partial charge in [0.1, 0.15) is 12.8 Å². The summed E-state index contributed by atoms with van der Waals surface area (Å²) in [5.41, 5.74) is 8.31. The van der Waals surface area contributed by atoms with Crippen LogP contribution in [0.5, 0.6) is 0 Å². The van der Waals surface area contributed by atoms with Crippen LogP contribution in [0.3, 0.4) is 0 Å². The van der Waals surface area contributed by atoms with Crippen molar-refractivity contribution < 1.29 is 27.8 Å². The van der Waals surface area contributed by atoms with Crippen LogP contribution in [0.25, 0.3) is 0 Å². The van der Waals surface area contributed by atoms with E-state index in [-0.39, 0.29) is 25.4 Å². The Morgan fingerprint density at radius 2 is 2.07 bits per heavy atom. The molecule has 13 heteroatoms. The second-order valence-electron chi connectivity index (χ2n) is 5.96. The van der Waals surface area contributed by atoms with Gasteiger partial charge in [-0.05, 0) is 5.92 Å². The van der Waals surface area contributed by atoms with Crippen LogP contribution in [0.2, 0.25) is 0 Å². The molecule has 4 N–H and O–H groups in total. The number of alkyl halides is 2. The molecule has 2 heterocycles. The van der Waals surface area contributed by atoms with Crippen molar-refractivity contribution in [2.24, 2.45) is 11.7 Å². The van der Waals surface area contributed by atoms with Crippen molar-refractivity contribution in [3.63, 3.8) is 0 Å². The third kappa shape index (κ3) is 8.98. The Labute approximate surface area is 165 Å². The summed E-state index contributed by atoms with van der Waals surface area (Å²) in [6, 6.07) is 0. The molecule has 0 saturated carbocycles. The first-order valence-electron chi connectivity index (χ1n) is 8.14. The second kappa shape index (κ2) is 13.8. The van der Waals surface area contributed by atoms with Gasteiger partial charge >= 0.3 is 11.7 Å².